The number of nitriles is 1. The fourth-order valence-electron chi connectivity index (χ4n) is 2.17. The molecule has 0 fully saturated rings. The van der Waals surface area contributed by atoms with E-state index in [4.69, 9.17) is 10.00 Å². The van der Waals surface area contributed by atoms with Gasteiger partial charge in [0.25, 0.3) is 0 Å². The maximum absolute atomic E-state index is 12.2. The molecule has 0 aromatic heterocycles. The molecule has 1 aliphatic heterocycles. The van der Waals surface area contributed by atoms with Gasteiger partial charge in [0.2, 0.25) is 5.91 Å². The van der Waals surface area contributed by atoms with E-state index in [9.17, 15) is 4.79 Å². The first-order valence-electron chi connectivity index (χ1n) is 5.55. The SMILES string of the molecule is COCCN1C(=O)C(CC#N)c2ccccc21. The number of anilines is 1. The number of nitrogens with zero attached hydrogens (tertiary/aromatic N) is 2. The molecule has 0 saturated carbocycles. The highest BCUT2D eigenvalue weighted by molar-refractivity contribution is 6.05. The number of hydrogen-bond donors (Lipinski definition) is 0. The first-order chi connectivity index (χ1) is 8.29. The van der Waals surface area contributed by atoms with E-state index >= 15 is 0 Å². The van der Waals surface area contributed by atoms with Gasteiger partial charge in [0.1, 0.15) is 0 Å². The van der Waals surface area contributed by atoms with Gasteiger partial charge in [0, 0.05) is 19.3 Å². The Bertz CT molecular complexity index is 465. The van der Waals surface area contributed by atoms with Gasteiger partial charge in [-0.15, -0.1) is 0 Å². The first kappa shape index (κ1) is 11.6. The molecule has 0 bridgehead atoms. The number of benzene rings is 1. The van der Waals surface area contributed by atoms with Gasteiger partial charge in [-0.3, -0.25) is 4.79 Å². The van der Waals surface area contributed by atoms with E-state index in [1.54, 1.807) is 12.0 Å². The quantitative estimate of drug-likeness (QED) is 0.790. The molecule has 1 aliphatic rings. The summed E-state index contributed by atoms with van der Waals surface area (Å²) in [7, 11) is 1.61. The summed E-state index contributed by atoms with van der Waals surface area (Å²) < 4.78 is 5.00. The van der Waals surface area contributed by atoms with Crippen LogP contribution in [0.1, 0.15) is 17.9 Å². The van der Waals surface area contributed by atoms with Crippen molar-refractivity contribution in [3.8, 4) is 6.07 Å². The number of hydrogen-bond acceptors (Lipinski definition) is 3. The summed E-state index contributed by atoms with van der Waals surface area (Å²) in [6, 6.07) is 9.72. The van der Waals surface area contributed by atoms with Crippen LogP contribution in [0.4, 0.5) is 5.69 Å². The number of carbonyl (C=O) groups excluding carboxylic acids is 1. The smallest absolute Gasteiger partial charge is 0.235 e. The van der Waals surface area contributed by atoms with Gasteiger partial charge in [-0.2, -0.15) is 5.26 Å². The summed E-state index contributed by atoms with van der Waals surface area (Å²) in [5.74, 6) is -0.308. The Hall–Kier alpha value is -1.86. The van der Waals surface area contributed by atoms with Crippen LogP contribution in [0.5, 0.6) is 0 Å². The largest absolute Gasteiger partial charge is 0.383 e. The predicted molar refractivity (Wildman–Crippen MR) is 63.6 cm³/mol. The van der Waals surface area contributed by atoms with Crippen molar-refractivity contribution in [2.24, 2.45) is 0 Å². The van der Waals surface area contributed by atoms with E-state index in [2.05, 4.69) is 6.07 Å². The monoisotopic (exact) mass is 230 g/mol. The zero-order chi connectivity index (χ0) is 12.3. The van der Waals surface area contributed by atoms with Crippen molar-refractivity contribution >= 4 is 11.6 Å². The van der Waals surface area contributed by atoms with E-state index in [0.29, 0.717) is 13.2 Å². The van der Waals surface area contributed by atoms with Crippen LogP contribution in [0.15, 0.2) is 24.3 Å². The van der Waals surface area contributed by atoms with Gasteiger partial charge < -0.3 is 9.64 Å². The van der Waals surface area contributed by atoms with Crippen LogP contribution < -0.4 is 4.90 Å². The second kappa shape index (κ2) is 4.98. The molecule has 0 spiro atoms. The fourth-order valence-corrected chi connectivity index (χ4v) is 2.17. The molecule has 88 valence electrons. The molecule has 1 heterocycles. The van der Waals surface area contributed by atoms with Crippen LogP contribution in [0.25, 0.3) is 0 Å². The maximum atomic E-state index is 12.2. The van der Waals surface area contributed by atoms with Gasteiger partial charge in [0.05, 0.1) is 25.0 Å². The van der Waals surface area contributed by atoms with E-state index in [1.165, 1.54) is 0 Å². The molecule has 1 atom stereocenters. The second-order valence-electron chi connectivity index (χ2n) is 3.96. The third-order valence-corrected chi connectivity index (χ3v) is 2.98. The van der Waals surface area contributed by atoms with E-state index in [-0.39, 0.29) is 18.2 Å². The molecule has 0 radical (unpaired) electrons. The number of ether oxygens (including phenoxy) is 1. The van der Waals surface area contributed by atoms with Crippen molar-refractivity contribution in [1.82, 2.24) is 0 Å². The molecule has 0 saturated heterocycles. The third kappa shape index (κ3) is 2.02. The lowest BCUT2D eigenvalue weighted by Crippen LogP contribution is -2.31. The molecule has 4 nitrogen and oxygen atoms in total. The Balaban J connectivity index is 2.32. The molecule has 0 aliphatic carbocycles. The summed E-state index contributed by atoms with van der Waals surface area (Å²) in [5.41, 5.74) is 1.87. The Morgan fingerprint density at radius 3 is 2.94 bits per heavy atom. The molecular formula is C13H14N2O2. The molecule has 1 unspecified atom stereocenters. The van der Waals surface area contributed by atoms with Crippen LogP contribution in [-0.2, 0) is 9.53 Å². The van der Waals surface area contributed by atoms with Gasteiger partial charge in [-0.05, 0) is 11.6 Å². The first-order valence-corrected chi connectivity index (χ1v) is 5.55. The minimum Gasteiger partial charge on any atom is -0.383 e. The maximum Gasteiger partial charge on any atom is 0.235 e. The van der Waals surface area contributed by atoms with Crippen molar-refractivity contribution in [2.75, 3.05) is 25.2 Å². The highest BCUT2D eigenvalue weighted by Crippen LogP contribution is 2.38. The van der Waals surface area contributed by atoms with Crippen LogP contribution in [-0.4, -0.2) is 26.2 Å². The Morgan fingerprint density at radius 1 is 1.47 bits per heavy atom. The fraction of sp³-hybridized carbons (Fsp3) is 0.385. The number of carbonyl (C=O) groups is 1. The Morgan fingerprint density at radius 2 is 2.24 bits per heavy atom. The van der Waals surface area contributed by atoms with E-state index < -0.39 is 0 Å². The minimum atomic E-state index is -0.312. The van der Waals surface area contributed by atoms with E-state index in [0.717, 1.165) is 11.3 Å². The molecule has 1 aromatic rings. The molecular weight excluding hydrogens is 216 g/mol. The Labute approximate surface area is 100 Å². The third-order valence-electron chi connectivity index (χ3n) is 2.98. The highest BCUT2D eigenvalue weighted by Gasteiger charge is 2.36. The normalized spacial score (nSPS) is 18.0. The van der Waals surface area contributed by atoms with Crippen molar-refractivity contribution < 1.29 is 9.53 Å². The van der Waals surface area contributed by atoms with Crippen LogP contribution in [0, 0.1) is 11.3 Å². The van der Waals surface area contributed by atoms with Gasteiger partial charge in [-0.25, -0.2) is 0 Å². The predicted octanol–water partition coefficient (Wildman–Crippen LogP) is 1.68. The van der Waals surface area contributed by atoms with Gasteiger partial charge in [-0.1, -0.05) is 18.2 Å². The average Bonchev–Trinajstić information content (AvgIpc) is 2.61. The van der Waals surface area contributed by atoms with Crippen molar-refractivity contribution in [3.63, 3.8) is 0 Å². The van der Waals surface area contributed by atoms with E-state index in [1.807, 2.05) is 24.3 Å². The molecule has 1 amide bonds. The zero-order valence-corrected chi connectivity index (χ0v) is 9.72. The van der Waals surface area contributed by atoms with Gasteiger partial charge in [0.15, 0.2) is 0 Å². The molecule has 17 heavy (non-hydrogen) atoms. The number of para-hydroxylation sites is 1. The lowest BCUT2D eigenvalue weighted by Gasteiger charge is -2.16. The van der Waals surface area contributed by atoms with Crippen molar-refractivity contribution in [1.29, 1.82) is 5.26 Å². The molecule has 4 heteroatoms. The minimum absolute atomic E-state index is 0.00444. The topological polar surface area (TPSA) is 53.3 Å². The highest BCUT2D eigenvalue weighted by atomic mass is 16.5. The lowest BCUT2D eigenvalue weighted by molar-refractivity contribution is -0.119. The number of rotatable bonds is 4. The molecule has 2 rings (SSSR count). The summed E-state index contributed by atoms with van der Waals surface area (Å²) in [6.45, 7) is 1.04. The standard InChI is InChI=1S/C13H14N2O2/c1-17-9-8-15-12-5-3-2-4-10(12)11(6-7-14)13(15)16/h2-5,11H,6,8-9H2,1H3. The lowest BCUT2D eigenvalue weighted by atomic mass is 9.98. The number of amides is 1. The van der Waals surface area contributed by atoms with Crippen LogP contribution in [0.3, 0.4) is 0 Å². The van der Waals surface area contributed by atoms with Crippen molar-refractivity contribution in [2.45, 2.75) is 12.3 Å². The molecule has 1 aromatic carbocycles. The van der Waals surface area contributed by atoms with Crippen LogP contribution >= 0.6 is 0 Å². The summed E-state index contributed by atoms with van der Waals surface area (Å²) in [4.78, 5) is 13.9. The second-order valence-corrected chi connectivity index (χ2v) is 3.96. The zero-order valence-electron chi connectivity index (χ0n) is 9.72. The van der Waals surface area contributed by atoms with Gasteiger partial charge >= 0.3 is 0 Å². The molecule has 0 N–H and O–H groups in total. The number of fused-ring (bicyclic) bond motifs is 1. The number of methoxy groups -OCH3 is 1. The van der Waals surface area contributed by atoms with Crippen molar-refractivity contribution in [3.05, 3.63) is 29.8 Å². The summed E-state index contributed by atoms with van der Waals surface area (Å²) in [6.07, 6.45) is 0.235. The average molecular weight is 230 g/mol. The summed E-state index contributed by atoms with van der Waals surface area (Å²) >= 11 is 0. The summed E-state index contributed by atoms with van der Waals surface area (Å²) in [5, 5.41) is 8.79. The van der Waals surface area contributed by atoms with Crippen LogP contribution in [0.2, 0.25) is 0 Å². The Kier molecular flexibility index (Phi) is 3.40.